The average molecular weight is 431 g/mol. The van der Waals surface area contributed by atoms with Crippen LogP contribution in [-0.4, -0.2) is 20.1 Å². The molecule has 0 radical (unpaired) electrons. The van der Waals surface area contributed by atoms with Gasteiger partial charge in [0.25, 0.3) is 0 Å². The van der Waals surface area contributed by atoms with Gasteiger partial charge in [0.2, 0.25) is 0 Å². The predicted molar refractivity (Wildman–Crippen MR) is 118 cm³/mol. The number of para-hydroxylation sites is 1. The maximum Gasteiger partial charge on any atom is 0.416 e. The fourth-order valence-electron chi connectivity index (χ4n) is 3.09. The van der Waals surface area contributed by atoms with E-state index in [1.165, 1.54) is 29.6 Å². The van der Waals surface area contributed by atoms with Crippen molar-refractivity contribution >= 4 is 17.4 Å². The van der Waals surface area contributed by atoms with Crippen molar-refractivity contribution in [1.82, 2.24) is 5.32 Å². The molecule has 30 heavy (non-hydrogen) atoms. The van der Waals surface area contributed by atoms with Gasteiger partial charge in [-0.3, -0.25) is 0 Å². The zero-order valence-corrected chi connectivity index (χ0v) is 17.6. The molecule has 6 heteroatoms. The van der Waals surface area contributed by atoms with Crippen molar-refractivity contribution in [3.63, 3.8) is 0 Å². The Morgan fingerprint density at radius 2 is 1.63 bits per heavy atom. The van der Waals surface area contributed by atoms with E-state index in [0.717, 1.165) is 36.0 Å². The van der Waals surface area contributed by atoms with Gasteiger partial charge in [0.15, 0.2) is 0 Å². The number of anilines is 1. The molecule has 0 aromatic heterocycles. The van der Waals surface area contributed by atoms with E-state index < -0.39 is 11.7 Å². The molecule has 3 rings (SSSR count). The lowest BCUT2D eigenvalue weighted by Gasteiger charge is -2.19. The van der Waals surface area contributed by atoms with Crippen LogP contribution in [0.2, 0.25) is 0 Å². The van der Waals surface area contributed by atoms with Crippen LogP contribution >= 0.6 is 11.8 Å². The SMILES string of the molecule is CN(CCCNCc1ccccc1Sc1cccc(C(F)(F)F)c1)c1ccccc1. The van der Waals surface area contributed by atoms with Gasteiger partial charge in [-0.2, -0.15) is 13.2 Å². The first-order valence-electron chi connectivity index (χ1n) is 9.83. The topological polar surface area (TPSA) is 15.3 Å². The third kappa shape index (κ3) is 6.54. The summed E-state index contributed by atoms with van der Waals surface area (Å²) < 4.78 is 38.9. The highest BCUT2D eigenvalue weighted by Crippen LogP contribution is 2.35. The van der Waals surface area contributed by atoms with Gasteiger partial charge in [-0.15, -0.1) is 0 Å². The molecule has 0 bridgehead atoms. The van der Waals surface area contributed by atoms with Gasteiger partial charge < -0.3 is 10.2 Å². The van der Waals surface area contributed by atoms with Crippen LogP contribution in [0.1, 0.15) is 17.5 Å². The minimum atomic E-state index is -4.33. The van der Waals surface area contributed by atoms with Crippen molar-refractivity contribution in [2.24, 2.45) is 0 Å². The van der Waals surface area contributed by atoms with E-state index >= 15 is 0 Å². The molecule has 0 atom stereocenters. The van der Waals surface area contributed by atoms with Crippen molar-refractivity contribution in [3.8, 4) is 0 Å². The van der Waals surface area contributed by atoms with Crippen molar-refractivity contribution in [3.05, 3.63) is 90.0 Å². The van der Waals surface area contributed by atoms with Crippen LogP contribution in [0.25, 0.3) is 0 Å². The van der Waals surface area contributed by atoms with Gasteiger partial charge in [-0.25, -0.2) is 0 Å². The molecule has 0 unspecified atom stereocenters. The van der Waals surface area contributed by atoms with Gasteiger partial charge in [-0.05, 0) is 54.9 Å². The molecule has 0 fully saturated rings. The number of nitrogens with one attached hydrogen (secondary N) is 1. The molecule has 158 valence electrons. The Kier molecular flexibility index (Phi) is 7.82. The third-order valence-corrected chi connectivity index (χ3v) is 5.83. The lowest BCUT2D eigenvalue weighted by atomic mass is 10.2. The number of alkyl halides is 3. The van der Waals surface area contributed by atoms with Gasteiger partial charge in [0.1, 0.15) is 0 Å². The van der Waals surface area contributed by atoms with E-state index in [9.17, 15) is 13.2 Å². The summed E-state index contributed by atoms with van der Waals surface area (Å²) in [6.45, 7) is 2.48. The van der Waals surface area contributed by atoms with Crippen LogP contribution in [-0.2, 0) is 12.7 Å². The first-order chi connectivity index (χ1) is 14.4. The molecule has 2 nitrogen and oxygen atoms in total. The Labute approximate surface area is 180 Å². The van der Waals surface area contributed by atoms with Crippen molar-refractivity contribution in [2.45, 2.75) is 28.9 Å². The highest BCUT2D eigenvalue weighted by molar-refractivity contribution is 7.99. The molecule has 1 N–H and O–H groups in total. The first-order valence-corrected chi connectivity index (χ1v) is 10.6. The molecule has 0 heterocycles. The van der Waals surface area contributed by atoms with Gasteiger partial charge in [-0.1, -0.05) is 54.2 Å². The molecule has 0 amide bonds. The lowest BCUT2D eigenvalue weighted by molar-refractivity contribution is -0.137. The van der Waals surface area contributed by atoms with Crippen LogP contribution in [0.5, 0.6) is 0 Å². The van der Waals surface area contributed by atoms with E-state index in [-0.39, 0.29) is 0 Å². The Morgan fingerprint density at radius 3 is 2.40 bits per heavy atom. The Bertz CT molecular complexity index is 929. The number of rotatable bonds is 9. The van der Waals surface area contributed by atoms with Gasteiger partial charge in [0, 0.05) is 35.6 Å². The normalized spacial score (nSPS) is 11.5. The van der Waals surface area contributed by atoms with Crippen molar-refractivity contribution < 1.29 is 13.2 Å². The molecule has 0 aliphatic rings. The quantitative estimate of drug-likeness (QED) is 0.392. The number of benzene rings is 3. The second kappa shape index (κ2) is 10.5. The summed E-state index contributed by atoms with van der Waals surface area (Å²) >= 11 is 1.36. The second-order valence-corrected chi connectivity index (χ2v) is 8.14. The van der Waals surface area contributed by atoms with E-state index in [0.29, 0.717) is 11.4 Å². The van der Waals surface area contributed by atoms with E-state index in [1.54, 1.807) is 6.07 Å². The Morgan fingerprint density at radius 1 is 0.900 bits per heavy atom. The van der Waals surface area contributed by atoms with E-state index in [4.69, 9.17) is 0 Å². The maximum absolute atomic E-state index is 13.0. The summed E-state index contributed by atoms with van der Waals surface area (Å²) in [6, 6.07) is 23.6. The van der Waals surface area contributed by atoms with E-state index in [1.807, 2.05) is 42.5 Å². The molecule has 0 saturated carbocycles. The zero-order chi connectivity index (χ0) is 21.4. The maximum atomic E-state index is 13.0. The summed E-state index contributed by atoms with van der Waals surface area (Å²) in [5.41, 5.74) is 1.65. The van der Waals surface area contributed by atoms with Crippen LogP contribution in [0.3, 0.4) is 0 Å². The summed E-state index contributed by atoms with van der Waals surface area (Å²) in [7, 11) is 2.08. The fourth-order valence-corrected chi connectivity index (χ4v) is 4.09. The minimum absolute atomic E-state index is 0.585. The van der Waals surface area contributed by atoms with Crippen molar-refractivity contribution in [1.29, 1.82) is 0 Å². The highest BCUT2D eigenvalue weighted by Gasteiger charge is 2.30. The van der Waals surface area contributed by atoms with Crippen LogP contribution in [0, 0.1) is 0 Å². The lowest BCUT2D eigenvalue weighted by Crippen LogP contribution is -2.23. The molecule has 0 aliphatic heterocycles. The predicted octanol–water partition coefficient (Wildman–Crippen LogP) is 6.47. The number of hydrogen-bond acceptors (Lipinski definition) is 3. The standard InChI is InChI=1S/C24H25F3N2S/c1-29(21-11-3-2-4-12-21)16-8-15-28-18-19-9-5-6-14-23(19)30-22-13-7-10-20(17-22)24(25,26)27/h2-7,9-14,17,28H,8,15-16,18H2,1H3. The van der Waals surface area contributed by atoms with Crippen LogP contribution < -0.4 is 10.2 Å². The number of halogens is 3. The first kappa shape index (κ1) is 22.2. The molecular formula is C24H25F3N2S. The summed E-state index contributed by atoms with van der Waals surface area (Å²) in [5.74, 6) is 0. The van der Waals surface area contributed by atoms with E-state index in [2.05, 4.69) is 29.4 Å². The Balaban J connectivity index is 1.52. The smallest absolute Gasteiger partial charge is 0.375 e. The number of nitrogens with zero attached hydrogens (tertiary/aromatic N) is 1. The van der Waals surface area contributed by atoms with Gasteiger partial charge in [0.05, 0.1) is 5.56 Å². The fraction of sp³-hybridized carbons (Fsp3) is 0.250. The zero-order valence-electron chi connectivity index (χ0n) is 16.8. The summed E-state index contributed by atoms with van der Waals surface area (Å²) in [5, 5.41) is 3.45. The summed E-state index contributed by atoms with van der Waals surface area (Å²) in [4.78, 5) is 3.77. The minimum Gasteiger partial charge on any atom is -0.375 e. The highest BCUT2D eigenvalue weighted by atomic mass is 32.2. The van der Waals surface area contributed by atoms with Crippen molar-refractivity contribution in [2.75, 3.05) is 25.0 Å². The van der Waals surface area contributed by atoms with Gasteiger partial charge >= 0.3 is 6.18 Å². The summed E-state index contributed by atoms with van der Waals surface area (Å²) in [6.07, 6.45) is -3.33. The molecule has 0 saturated heterocycles. The van der Waals surface area contributed by atoms with Crippen LogP contribution in [0.4, 0.5) is 18.9 Å². The average Bonchev–Trinajstić information content (AvgIpc) is 2.75. The van der Waals surface area contributed by atoms with Crippen LogP contribution in [0.15, 0.2) is 88.7 Å². The largest absolute Gasteiger partial charge is 0.416 e. The number of hydrogen-bond donors (Lipinski definition) is 1. The molecule has 0 aliphatic carbocycles. The molecular weight excluding hydrogens is 405 g/mol. The Hall–Kier alpha value is -2.44. The molecule has 3 aromatic rings. The monoisotopic (exact) mass is 430 g/mol. The third-order valence-electron chi connectivity index (χ3n) is 4.72. The molecule has 3 aromatic carbocycles. The second-order valence-electron chi connectivity index (χ2n) is 7.02. The molecule has 0 spiro atoms.